The summed E-state index contributed by atoms with van der Waals surface area (Å²) in [5, 5.41) is 20.6. The predicted molar refractivity (Wildman–Crippen MR) is 99.5 cm³/mol. The topological polar surface area (TPSA) is 105 Å². The fourth-order valence-corrected chi connectivity index (χ4v) is 2.82. The Hall–Kier alpha value is -3.50. The van der Waals surface area contributed by atoms with Gasteiger partial charge in [-0.1, -0.05) is 18.2 Å². The lowest BCUT2D eigenvalue weighted by Crippen LogP contribution is -2.21. The molecule has 1 amide bonds. The van der Waals surface area contributed by atoms with Gasteiger partial charge in [0.2, 0.25) is 11.8 Å². The quantitative estimate of drug-likeness (QED) is 0.681. The number of carbonyl (C=O) groups excluding carboxylic acids is 1. The molecule has 27 heavy (non-hydrogen) atoms. The van der Waals surface area contributed by atoms with Gasteiger partial charge in [0, 0.05) is 29.5 Å². The number of rotatable bonds is 5. The van der Waals surface area contributed by atoms with Crippen molar-refractivity contribution in [2.24, 2.45) is 0 Å². The molecule has 0 spiro atoms. The summed E-state index contributed by atoms with van der Waals surface area (Å²) in [6, 6.07) is 7.11. The smallest absolute Gasteiger partial charge is 0.251 e. The highest BCUT2D eigenvalue weighted by atomic mass is 35.5. The standard InChI is InChI=1S/C19H14ClN5O2/c1-3-17(26)23-10-15-11(2)6-13(20)7-14(15)18-24-25-19(27-18)16-9-22-5-4-12(16)8-21/h3-7,9H,1,10H2,2H3,(H,23,26). The highest BCUT2D eigenvalue weighted by Crippen LogP contribution is 2.31. The van der Waals surface area contributed by atoms with Crippen LogP contribution in [0.3, 0.4) is 0 Å². The van der Waals surface area contributed by atoms with E-state index in [9.17, 15) is 10.1 Å². The van der Waals surface area contributed by atoms with Gasteiger partial charge in [-0.2, -0.15) is 5.26 Å². The van der Waals surface area contributed by atoms with Gasteiger partial charge < -0.3 is 9.73 Å². The molecule has 1 N–H and O–H groups in total. The molecule has 0 bridgehead atoms. The van der Waals surface area contributed by atoms with Gasteiger partial charge in [0.25, 0.3) is 5.89 Å². The zero-order valence-corrected chi connectivity index (χ0v) is 15.1. The molecule has 0 saturated carbocycles. The average molecular weight is 380 g/mol. The molecule has 0 atom stereocenters. The van der Waals surface area contributed by atoms with Crippen molar-refractivity contribution >= 4 is 17.5 Å². The molecule has 134 valence electrons. The first-order valence-electron chi connectivity index (χ1n) is 7.91. The van der Waals surface area contributed by atoms with E-state index in [4.69, 9.17) is 16.0 Å². The maximum absolute atomic E-state index is 11.5. The van der Waals surface area contributed by atoms with Crippen LogP contribution >= 0.6 is 11.6 Å². The van der Waals surface area contributed by atoms with E-state index in [2.05, 4.69) is 33.1 Å². The second-order valence-corrected chi connectivity index (χ2v) is 6.05. The van der Waals surface area contributed by atoms with Gasteiger partial charge in [-0.3, -0.25) is 9.78 Å². The van der Waals surface area contributed by atoms with E-state index in [1.54, 1.807) is 18.2 Å². The molecule has 0 radical (unpaired) electrons. The number of halogens is 1. The molecular weight excluding hydrogens is 366 g/mol. The lowest BCUT2D eigenvalue weighted by molar-refractivity contribution is -0.116. The van der Waals surface area contributed by atoms with Crippen LogP contribution in [0, 0.1) is 18.3 Å². The number of aromatic nitrogens is 3. The predicted octanol–water partition coefficient (Wildman–Crippen LogP) is 3.43. The third kappa shape index (κ3) is 3.86. The van der Waals surface area contributed by atoms with E-state index in [-0.39, 0.29) is 24.2 Å². The van der Waals surface area contributed by atoms with Gasteiger partial charge in [-0.15, -0.1) is 10.2 Å². The molecule has 3 aromatic rings. The largest absolute Gasteiger partial charge is 0.416 e. The van der Waals surface area contributed by atoms with Gasteiger partial charge in [0.1, 0.15) is 6.07 Å². The Balaban J connectivity index is 2.04. The van der Waals surface area contributed by atoms with E-state index in [0.717, 1.165) is 11.1 Å². The maximum Gasteiger partial charge on any atom is 0.251 e. The van der Waals surface area contributed by atoms with Crippen LogP contribution in [0.5, 0.6) is 0 Å². The Morgan fingerprint density at radius 1 is 1.37 bits per heavy atom. The fraction of sp³-hybridized carbons (Fsp3) is 0.105. The number of hydrogen-bond acceptors (Lipinski definition) is 6. The summed E-state index contributed by atoms with van der Waals surface area (Å²) in [6.45, 7) is 5.56. The zero-order valence-electron chi connectivity index (χ0n) is 14.4. The summed E-state index contributed by atoms with van der Waals surface area (Å²) in [5.41, 5.74) is 3.07. The molecule has 0 fully saturated rings. The van der Waals surface area contributed by atoms with Crippen LogP contribution in [0.4, 0.5) is 0 Å². The van der Waals surface area contributed by atoms with Crippen molar-refractivity contribution in [1.82, 2.24) is 20.5 Å². The molecule has 8 heteroatoms. The number of nitrogens with one attached hydrogen (secondary N) is 1. The van der Waals surface area contributed by atoms with Crippen molar-refractivity contribution in [3.8, 4) is 29.0 Å². The third-order valence-electron chi connectivity index (χ3n) is 3.89. The van der Waals surface area contributed by atoms with Crippen molar-refractivity contribution in [3.05, 3.63) is 65.0 Å². The van der Waals surface area contributed by atoms with Gasteiger partial charge in [-0.05, 0) is 42.3 Å². The van der Waals surface area contributed by atoms with Gasteiger partial charge >= 0.3 is 0 Å². The van der Waals surface area contributed by atoms with Crippen LogP contribution in [0.25, 0.3) is 22.9 Å². The molecule has 0 unspecified atom stereocenters. The van der Waals surface area contributed by atoms with E-state index < -0.39 is 0 Å². The summed E-state index contributed by atoms with van der Waals surface area (Å²) in [4.78, 5) is 15.5. The van der Waals surface area contributed by atoms with Crippen LogP contribution in [-0.4, -0.2) is 21.1 Å². The maximum atomic E-state index is 11.5. The summed E-state index contributed by atoms with van der Waals surface area (Å²) in [6.07, 6.45) is 4.20. The fourth-order valence-electron chi connectivity index (χ4n) is 2.55. The van der Waals surface area contributed by atoms with E-state index >= 15 is 0 Å². The number of amides is 1. The molecule has 7 nitrogen and oxygen atoms in total. The Morgan fingerprint density at radius 2 is 2.11 bits per heavy atom. The minimum atomic E-state index is -0.296. The Labute approximate surface area is 160 Å². The van der Waals surface area contributed by atoms with Crippen LogP contribution in [-0.2, 0) is 11.3 Å². The summed E-state index contributed by atoms with van der Waals surface area (Å²) in [7, 11) is 0. The van der Waals surface area contributed by atoms with Crippen LogP contribution < -0.4 is 5.32 Å². The monoisotopic (exact) mass is 379 g/mol. The molecule has 0 aliphatic rings. The second kappa shape index (κ2) is 7.81. The lowest BCUT2D eigenvalue weighted by atomic mass is 10.0. The molecule has 3 rings (SSSR count). The second-order valence-electron chi connectivity index (χ2n) is 5.62. The number of pyridine rings is 1. The molecule has 0 aliphatic carbocycles. The first kappa shape index (κ1) is 18.3. The van der Waals surface area contributed by atoms with E-state index in [1.807, 2.05) is 6.92 Å². The first-order valence-corrected chi connectivity index (χ1v) is 8.29. The lowest BCUT2D eigenvalue weighted by Gasteiger charge is -2.11. The highest BCUT2D eigenvalue weighted by molar-refractivity contribution is 6.31. The van der Waals surface area contributed by atoms with E-state index in [1.165, 1.54) is 18.5 Å². The van der Waals surface area contributed by atoms with Crippen molar-refractivity contribution in [2.75, 3.05) is 0 Å². The SMILES string of the molecule is C=CC(=O)NCc1c(C)cc(Cl)cc1-c1nnc(-c2cnccc2C#N)o1. The van der Waals surface area contributed by atoms with Crippen molar-refractivity contribution in [1.29, 1.82) is 5.26 Å². The summed E-state index contributed by atoms with van der Waals surface area (Å²) >= 11 is 6.19. The molecule has 0 aliphatic heterocycles. The first-order chi connectivity index (χ1) is 13.0. The Morgan fingerprint density at radius 3 is 2.81 bits per heavy atom. The Kier molecular flexibility index (Phi) is 5.29. The Bertz CT molecular complexity index is 1070. The van der Waals surface area contributed by atoms with Crippen LogP contribution in [0.2, 0.25) is 5.02 Å². The highest BCUT2D eigenvalue weighted by Gasteiger charge is 2.18. The number of benzene rings is 1. The number of hydrogen-bond donors (Lipinski definition) is 1. The minimum absolute atomic E-state index is 0.174. The molecule has 2 heterocycles. The average Bonchev–Trinajstić information content (AvgIpc) is 3.16. The van der Waals surface area contributed by atoms with Crippen LogP contribution in [0.1, 0.15) is 16.7 Å². The molecular formula is C19H14ClN5O2. The van der Waals surface area contributed by atoms with Crippen molar-refractivity contribution < 1.29 is 9.21 Å². The normalized spacial score (nSPS) is 10.3. The number of nitrogens with zero attached hydrogens (tertiary/aromatic N) is 4. The van der Waals surface area contributed by atoms with Gasteiger partial charge in [0.15, 0.2) is 0 Å². The molecule has 2 aromatic heterocycles. The number of aryl methyl sites for hydroxylation is 1. The van der Waals surface area contributed by atoms with Gasteiger partial charge in [-0.25, -0.2) is 0 Å². The van der Waals surface area contributed by atoms with Crippen molar-refractivity contribution in [3.63, 3.8) is 0 Å². The number of nitriles is 1. The summed E-state index contributed by atoms with van der Waals surface area (Å²) in [5.74, 6) is 0.107. The number of carbonyl (C=O) groups is 1. The van der Waals surface area contributed by atoms with Crippen molar-refractivity contribution in [2.45, 2.75) is 13.5 Å². The molecule has 1 aromatic carbocycles. The summed E-state index contributed by atoms with van der Waals surface area (Å²) < 4.78 is 5.78. The molecule has 0 saturated heterocycles. The van der Waals surface area contributed by atoms with E-state index in [0.29, 0.717) is 21.7 Å². The van der Waals surface area contributed by atoms with Gasteiger partial charge in [0.05, 0.1) is 11.1 Å². The minimum Gasteiger partial charge on any atom is -0.416 e. The van der Waals surface area contributed by atoms with Crippen LogP contribution in [0.15, 0.2) is 47.7 Å². The third-order valence-corrected chi connectivity index (χ3v) is 4.11. The zero-order chi connectivity index (χ0) is 19.4.